The van der Waals surface area contributed by atoms with Crippen molar-refractivity contribution in [3.8, 4) is 0 Å². The van der Waals surface area contributed by atoms with Crippen LogP contribution in [0.2, 0.25) is 0 Å². The Balaban J connectivity index is 3.15. The highest BCUT2D eigenvalue weighted by Crippen LogP contribution is 2.16. The van der Waals surface area contributed by atoms with Gasteiger partial charge in [0.05, 0.1) is 4.92 Å². The van der Waals surface area contributed by atoms with Gasteiger partial charge in [0.25, 0.3) is 0 Å². The van der Waals surface area contributed by atoms with E-state index in [9.17, 15) is 10.1 Å². The minimum Gasteiger partial charge on any atom is -0.265 e. The first kappa shape index (κ1) is 7.71. The van der Waals surface area contributed by atoms with Gasteiger partial charge < -0.3 is 0 Å². The van der Waals surface area contributed by atoms with Gasteiger partial charge in [-0.3, -0.25) is 14.8 Å². The Morgan fingerprint density at radius 2 is 2.45 bits per heavy atom. The summed E-state index contributed by atoms with van der Waals surface area (Å²) in [6, 6.07) is 0. The predicted octanol–water partition coefficient (Wildman–Crippen LogP) is 0.891. The summed E-state index contributed by atoms with van der Waals surface area (Å²) in [6.07, 6.45) is 1.91. The van der Waals surface area contributed by atoms with E-state index in [0.29, 0.717) is 12.1 Å². The number of nitrogens with zero attached hydrogens (tertiary/aromatic N) is 3. The van der Waals surface area contributed by atoms with Crippen molar-refractivity contribution in [3.63, 3.8) is 0 Å². The van der Waals surface area contributed by atoms with Crippen LogP contribution >= 0.6 is 0 Å². The maximum absolute atomic E-state index is 10.3. The highest BCUT2D eigenvalue weighted by Gasteiger charge is 2.15. The third-order valence-electron chi connectivity index (χ3n) is 1.57. The summed E-state index contributed by atoms with van der Waals surface area (Å²) in [7, 11) is 1.70. The molecule has 0 N–H and O–H groups in total. The van der Waals surface area contributed by atoms with E-state index >= 15 is 0 Å². The van der Waals surface area contributed by atoms with Crippen LogP contribution in [0, 0.1) is 10.1 Å². The average Bonchev–Trinajstić information content (AvgIpc) is 2.30. The first-order valence-electron chi connectivity index (χ1n) is 3.32. The fourth-order valence-corrected chi connectivity index (χ4v) is 1.01. The molecule has 1 heterocycles. The molecule has 0 aromatic carbocycles. The lowest BCUT2D eigenvalue weighted by Gasteiger charge is -1.94. The van der Waals surface area contributed by atoms with Gasteiger partial charge in [-0.1, -0.05) is 6.92 Å². The van der Waals surface area contributed by atoms with Crippen LogP contribution in [0.1, 0.15) is 12.6 Å². The monoisotopic (exact) mass is 155 g/mol. The topological polar surface area (TPSA) is 61.0 Å². The fraction of sp³-hybridized carbons (Fsp3) is 0.500. The molecule has 0 atom stereocenters. The molecule has 5 nitrogen and oxygen atoms in total. The van der Waals surface area contributed by atoms with E-state index in [1.807, 2.05) is 6.92 Å². The standard InChI is InChI=1S/C6H9N3O2/c1-3-5-6(9(10)11)4-7-8(5)2/h4H,3H2,1-2H3. The second-order valence-corrected chi connectivity index (χ2v) is 2.21. The fourth-order valence-electron chi connectivity index (χ4n) is 1.01. The third kappa shape index (κ3) is 1.21. The Morgan fingerprint density at radius 1 is 1.82 bits per heavy atom. The number of nitro groups is 1. The smallest absolute Gasteiger partial charge is 0.265 e. The van der Waals surface area contributed by atoms with Gasteiger partial charge in [0.15, 0.2) is 0 Å². The molecule has 0 saturated heterocycles. The molecule has 0 unspecified atom stereocenters. The van der Waals surface area contributed by atoms with Crippen LogP contribution in [-0.4, -0.2) is 14.7 Å². The van der Waals surface area contributed by atoms with E-state index in [0.717, 1.165) is 0 Å². The highest BCUT2D eigenvalue weighted by atomic mass is 16.6. The van der Waals surface area contributed by atoms with Crippen molar-refractivity contribution < 1.29 is 4.92 Å². The number of rotatable bonds is 2. The summed E-state index contributed by atoms with van der Waals surface area (Å²) in [4.78, 5) is 9.94. The van der Waals surface area contributed by atoms with Crippen molar-refractivity contribution in [1.29, 1.82) is 0 Å². The predicted molar refractivity (Wildman–Crippen MR) is 39.2 cm³/mol. The molecule has 0 saturated carbocycles. The van der Waals surface area contributed by atoms with Gasteiger partial charge >= 0.3 is 5.69 Å². The van der Waals surface area contributed by atoms with Crippen molar-refractivity contribution in [1.82, 2.24) is 9.78 Å². The van der Waals surface area contributed by atoms with Crippen LogP contribution in [0.25, 0.3) is 0 Å². The van der Waals surface area contributed by atoms with Gasteiger partial charge in [-0.05, 0) is 6.42 Å². The molecule has 1 aromatic rings. The van der Waals surface area contributed by atoms with E-state index in [4.69, 9.17) is 0 Å². The van der Waals surface area contributed by atoms with E-state index < -0.39 is 4.92 Å². The minimum atomic E-state index is -0.411. The maximum atomic E-state index is 10.3. The van der Waals surface area contributed by atoms with Crippen molar-refractivity contribution >= 4 is 5.69 Å². The average molecular weight is 155 g/mol. The summed E-state index contributed by atoms with van der Waals surface area (Å²) in [5.74, 6) is 0. The van der Waals surface area contributed by atoms with Crippen LogP contribution in [0.4, 0.5) is 5.69 Å². The van der Waals surface area contributed by atoms with Crippen molar-refractivity contribution in [2.75, 3.05) is 0 Å². The molecule has 0 bridgehead atoms. The molecule has 11 heavy (non-hydrogen) atoms. The molecule has 1 rings (SSSR count). The minimum absolute atomic E-state index is 0.106. The van der Waals surface area contributed by atoms with Crippen LogP contribution in [0.3, 0.4) is 0 Å². The largest absolute Gasteiger partial charge is 0.310 e. The quantitative estimate of drug-likeness (QED) is 0.470. The number of hydrogen-bond donors (Lipinski definition) is 0. The lowest BCUT2D eigenvalue weighted by atomic mass is 10.3. The van der Waals surface area contributed by atoms with Crippen molar-refractivity contribution in [3.05, 3.63) is 22.0 Å². The summed E-state index contributed by atoms with van der Waals surface area (Å²) < 4.78 is 1.53. The van der Waals surface area contributed by atoms with Gasteiger partial charge in [0, 0.05) is 7.05 Å². The zero-order chi connectivity index (χ0) is 8.43. The summed E-state index contributed by atoms with van der Waals surface area (Å²) in [5, 5.41) is 14.1. The normalized spacial score (nSPS) is 10.0. The molecule has 0 amide bonds. The number of aryl methyl sites for hydroxylation is 1. The van der Waals surface area contributed by atoms with Crippen LogP contribution in [0.5, 0.6) is 0 Å². The first-order chi connectivity index (χ1) is 5.16. The second kappa shape index (κ2) is 2.69. The molecule has 0 spiro atoms. The molecule has 0 fully saturated rings. The van der Waals surface area contributed by atoms with Crippen molar-refractivity contribution in [2.24, 2.45) is 7.05 Å². The Hall–Kier alpha value is -1.39. The van der Waals surface area contributed by atoms with E-state index in [2.05, 4.69) is 5.10 Å². The summed E-state index contributed by atoms with van der Waals surface area (Å²) in [6.45, 7) is 1.87. The van der Waals surface area contributed by atoms with Gasteiger partial charge in [0.2, 0.25) is 0 Å². The summed E-state index contributed by atoms with van der Waals surface area (Å²) >= 11 is 0. The first-order valence-corrected chi connectivity index (χ1v) is 3.32. The summed E-state index contributed by atoms with van der Waals surface area (Å²) in [5.41, 5.74) is 0.769. The van der Waals surface area contributed by atoms with Crippen LogP contribution in [-0.2, 0) is 13.5 Å². The van der Waals surface area contributed by atoms with Crippen LogP contribution in [0.15, 0.2) is 6.20 Å². The number of aromatic nitrogens is 2. The SMILES string of the molecule is CCc1c([N+](=O)[O-])cnn1C. The molecule has 0 aliphatic carbocycles. The molecule has 0 aliphatic heterocycles. The second-order valence-electron chi connectivity index (χ2n) is 2.21. The zero-order valence-electron chi connectivity index (χ0n) is 6.44. The lowest BCUT2D eigenvalue weighted by molar-refractivity contribution is -0.385. The molecule has 60 valence electrons. The lowest BCUT2D eigenvalue weighted by Crippen LogP contribution is -1.98. The van der Waals surface area contributed by atoms with Crippen molar-refractivity contribution in [2.45, 2.75) is 13.3 Å². The third-order valence-corrected chi connectivity index (χ3v) is 1.57. The highest BCUT2D eigenvalue weighted by molar-refractivity contribution is 5.32. The Kier molecular flexibility index (Phi) is 1.89. The van der Waals surface area contributed by atoms with Gasteiger partial charge in [-0.15, -0.1) is 0 Å². The van der Waals surface area contributed by atoms with E-state index in [1.54, 1.807) is 7.05 Å². The molecule has 1 aromatic heterocycles. The Labute approximate surface area is 63.8 Å². The Bertz CT molecular complexity index is 279. The zero-order valence-corrected chi connectivity index (χ0v) is 6.44. The van der Waals surface area contributed by atoms with E-state index in [-0.39, 0.29) is 5.69 Å². The number of hydrogen-bond acceptors (Lipinski definition) is 3. The van der Waals surface area contributed by atoms with Gasteiger partial charge in [-0.2, -0.15) is 5.10 Å². The molecular weight excluding hydrogens is 146 g/mol. The molecule has 0 aliphatic rings. The molecule has 0 radical (unpaired) electrons. The molecular formula is C6H9N3O2. The maximum Gasteiger partial charge on any atom is 0.310 e. The molecule has 5 heteroatoms. The van der Waals surface area contributed by atoms with Gasteiger partial charge in [-0.25, -0.2) is 0 Å². The van der Waals surface area contributed by atoms with Crippen LogP contribution < -0.4 is 0 Å². The Morgan fingerprint density at radius 3 is 2.82 bits per heavy atom. The van der Waals surface area contributed by atoms with E-state index in [1.165, 1.54) is 10.9 Å². The van der Waals surface area contributed by atoms with Gasteiger partial charge in [0.1, 0.15) is 11.9 Å².